The fraction of sp³-hybridized carbons (Fsp3) is 0. The number of benzene rings is 10. The number of hydrogen-bond acceptors (Lipinski definition) is 4. The number of hydrogen-bond donors (Lipinski definition) is 0. The molecule has 1 aliphatic rings. The predicted octanol–water partition coefficient (Wildman–Crippen LogP) is 14.9. The van der Waals surface area contributed by atoms with Gasteiger partial charge in [-0.15, -0.1) is 0 Å². The molecule has 62 heavy (non-hydrogen) atoms. The van der Waals surface area contributed by atoms with E-state index < -0.39 is 0 Å². The predicted molar refractivity (Wildman–Crippen MR) is 254 cm³/mol. The molecule has 1 aromatic heterocycles. The molecule has 0 amide bonds. The quantitative estimate of drug-likeness (QED) is 0.158. The Bertz CT molecular complexity index is 3520. The van der Waals surface area contributed by atoms with Crippen molar-refractivity contribution in [2.24, 2.45) is 0 Å². The van der Waals surface area contributed by atoms with Crippen LogP contribution in [0.5, 0.6) is 0 Å². The van der Waals surface area contributed by atoms with Crippen molar-refractivity contribution >= 4 is 32.3 Å². The first kappa shape index (κ1) is 35.4. The highest BCUT2D eigenvalue weighted by Crippen LogP contribution is 2.54. The minimum Gasteiger partial charge on any atom is -0.208 e. The van der Waals surface area contributed by atoms with E-state index in [0.717, 1.165) is 71.6 Å². The molecule has 10 aromatic carbocycles. The van der Waals surface area contributed by atoms with Crippen LogP contribution >= 0.6 is 0 Å². The van der Waals surface area contributed by atoms with Crippen LogP contribution in [0.25, 0.3) is 122 Å². The zero-order valence-electron chi connectivity index (χ0n) is 33.4. The number of nitriles is 1. The van der Waals surface area contributed by atoms with E-state index in [1.54, 1.807) is 0 Å². The van der Waals surface area contributed by atoms with E-state index in [1.807, 2.05) is 36.4 Å². The molecule has 0 N–H and O–H groups in total. The zero-order chi connectivity index (χ0) is 41.1. The molecule has 0 fully saturated rings. The van der Waals surface area contributed by atoms with E-state index in [4.69, 9.17) is 15.0 Å². The molecule has 4 heteroatoms. The average molecular weight is 787 g/mol. The number of fused-ring (bicyclic) bond motifs is 5. The molecule has 0 atom stereocenters. The highest BCUT2D eigenvalue weighted by molar-refractivity contribution is 6.28. The lowest BCUT2D eigenvalue weighted by atomic mass is 9.83. The summed E-state index contributed by atoms with van der Waals surface area (Å²) < 4.78 is 0. The summed E-state index contributed by atoms with van der Waals surface area (Å²) in [5, 5.41) is 16.5. The van der Waals surface area contributed by atoms with Crippen molar-refractivity contribution < 1.29 is 0 Å². The fourth-order valence-electron chi connectivity index (χ4n) is 9.51. The zero-order valence-corrected chi connectivity index (χ0v) is 33.4. The summed E-state index contributed by atoms with van der Waals surface area (Å²) >= 11 is 0. The van der Waals surface area contributed by atoms with Crippen LogP contribution in [0.3, 0.4) is 0 Å². The smallest absolute Gasteiger partial charge is 0.165 e. The first-order valence-electron chi connectivity index (χ1n) is 20.8. The van der Waals surface area contributed by atoms with E-state index in [9.17, 15) is 5.26 Å². The van der Waals surface area contributed by atoms with Crippen molar-refractivity contribution in [3.05, 3.63) is 212 Å². The van der Waals surface area contributed by atoms with Gasteiger partial charge in [0.1, 0.15) is 0 Å². The van der Waals surface area contributed by atoms with Gasteiger partial charge >= 0.3 is 0 Å². The molecular weight excluding hydrogens is 753 g/mol. The fourth-order valence-corrected chi connectivity index (χ4v) is 9.51. The van der Waals surface area contributed by atoms with Gasteiger partial charge in [-0.2, -0.15) is 5.26 Å². The molecular formula is C58H34N4. The number of rotatable bonds is 6. The first-order valence-corrected chi connectivity index (χ1v) is 20.8. The number of aromatic nitrogens is 3. The van der Waals surface area contributed by atoms with Crippen LogP contribution in [-0.4, -0.2) is 15.0 Å². The van der Waals surface area contributed by atoms with E-state index in [-0.39, 0.29) is 0 Å². The van der Waals surface area contributed by atoms with Gasteiger partial charge in [0.25, 0.3) is 0 Å². The molecule has 0 radical (unpaired) electrons. The first-order chi connectivity index (χ1) is 30.7. The molecule has 0 saturated heterocycles. The second kappa shape index (κ2) is 14.3. The van der Waals surface area contributed by atoms with Crippen molar-refractivity contribution in [1.82, 2.24) is 15.0 Å². The maximum atomic E-state index is 9.68. The van der Waals surface area contributed by atoms with Crippen molar-refractivity contribution in [3.8, 4) is 95.9 Å². The van der Waals surface area contributed by atoms with Gasteiger partial charge in [-0.1, -0.05) is 194 Å². The number of nitrogens with zero attached hydrogens (tertiary/aromatic N) is 4. The molecule has 1 heterocycles. The maximum Gasteiger partial charge on any atom is 0.165 e. The average Bonchev–Trinajstić information content (AvgIpc) is 3.68. The van der Waals surface area contributed by atoms with Crippen molar-refractivity contribution in [1.29, 1.82) is 5.26 Å². The van der Waals surface area contributed by atoms with Gasteiger partial charge in [-0.05, 0) is 100 Å². The SMILES string of the molecule is N#Cc1ccc(-c2ccc3c4c(ccc(-c5c6ccccc6c(-c6nc(-c7ccccc7)nc(-c7ccc(-c8ccccc8)cc7)n6)c6ccccc56)c24)-c2ccccc2-3)cc1. The summed E-state index contributed by atoms with van der Waals surface area (Å²) in [6.07, 6.45) is 0. The molecule has 1 aliphatic carbocycles. The van der Waals surface area contributed by atoms with E-state index in [1.165, 1.54) is 33.0 Å². The van der Waals surface area contributed by atoms with Crippen LogP contribution in [0.2, 0.25) is 0 Å². The minimum absolute atomic E-state index is 0.616. The largest absolute Gasteiger partial charge is 0.208 e. The lowest BCUT2D eigenvalue weighted by Gasteiger charge is -2.20. The van der Waals surface area contributed by atoms with Gasteiger partial charge in [0.05, 0.1) is 11.6 Å². The van der Waals surface area contributed by atoms with E-state index in [2.05, 4.69) is 176 Å². The summed E-state index contributed by atoms with van der Waals surface area (Å²) in [6.45, 7) is 0. The van der Waals surface area contributed by atoms with Crippen LogP contribution in [0.4, 0.5) is 0 Å². The maximum absolute atomic E-state index is 9.68. The van der Waals surface area contributed by atoms with Crippen molar-refractivity contribution in [2.75, 3.05) is 0 Å². The Morgan fingerprint density at radius 3 is 1.23 bits per heavy atom. The third-order valence-corrected chi connectivity index (χ3v) is 12.3. The molecule has 11 aromatic rings. The van der Waals surface area contributed by atoms with Gasteiger partial charge < -0.3 is 0 Å². The van der Waals surface area contributed by atoms with E-state index >= 15 is 0 Å². The summed E-state index contributed by atoms with van der Waals surface area (Å²) in [6, 6.07) is 74.6. The van der Waals surface area contributed by atoms with Crippen LogP contribution in [0.1, 0.15) is 5.56 Å². The molecule has 4 nitrogen and oxygen atoms in total. The highest BCUT2D eigenvalue weighted by atomic mass is 15.0. The molecule has 0 saturated carbocycles. The Hall–Kier alpha value is -8.52. The van der Waals surface area contributed by atoms with Gasteiger partial charge in [0.2, 0.25) is 0 Å². The van der Waals surface area contributed by atoms with Crippen molar-refractivity contribution in [3.63, 3.8) is 0 Å². The standard InChI is InChI=1S/C58H34N4/c59-35-36-23-25-39(26-24-36)42-31-32-49-43-17-7-8-18-44(43)50-33-34-51(53(42)54(49)50)52-45-19-9-11-21-47(45)55(48-22-12-10-20-46(48)52)58-61-56(40-15-5-2-6-16-40)60-57(62-58)41-29-27-38(28-30-41)37-13-3-1-4-14-37/h1-34H. The Morgan fingerprint density at radius 2 is 0.661 bits per heavy atom. The summed E-state index contributed by atoms with van der Waals surface area (Å²) in [5.74, 6) is 1.85. The third-order valence-electron chi connectivity index (χ3n) is 12.3. The second-order valence-electron chi connectivity index (χ2n) is 15.8. The van der Waals surface area contributed by atoms with E-state index in [0.29, 0.717) is 23.0 Å². The lowest BCUT2D eigenvalue weighted by Crippen LogP contribution is -2.01. The van der Waals surface area contributed by atoms with Crippen LogP contribution in [-0.2, 0) is 0 Å². The van der Waals surface area contributed by atoms with Gasteiger partial charge in [-0.25, -0.2) is 15.0 Å². The Balaban J connectivity index is 1.14. The van der Waals surface area contributed by atoms with Crippen LogP contribution < -0.4 is 0 Å². The molecule has 12 rings (SSSR count). The Labute approximate surface area is 358 Å². The molecule has 0 spiro atoms. The van der Waals surface area contributed by atoms with Crippen molar-refractivity contribution in [2.45, 2.75) is 0 Å². The van der Waals surface area contributed by atoms with Gasteiger partial charge in [0.15, 0.2) is 17.5 Å². The second-order valence-corrected chi connectivity index (χ2v) is 15.8. The summed E-state index contributed by atoms with van der Waals surface area (Å²) in [4.78, 5) is 15.7. The Morgan fingerprint density at radius 1 is 0.274 bits per heavy atom. The lowest BCUT2D eigenvalue weighted by molar-refractivity contribution is 1.08. The molecule has 0 aliphatic heterocycles. The normalized spacial score (nSPS) is 11.5. The van der Waals surface area contributed by atoms with Gasteiger partial charge in [-0.3, -0.25) is 0 Å². The molecule has 0 bridgehead atoms. The summed E-state index contributed by atoms with van der Waals surface area (Å²) in [5.41, 5.74) is 15.2. The monoisotopic (exact) mass is 786 g/mol. The van der Waals surface area contributed by atoms with Crippen LogP contribution in [0.15, 0.2) is 206 Å². The van der Waals surface area contributed by atoms with Gasteiger partial charge in [0, 0.05) is 16.7 Å². The molecule has 0 unspecified atom stereocenters. The molecule has 286 valence electrons. The summed E-state index contributed by atoms with van der Waals surface area (Å²) in [7, 11) is 0. The third kappa shape index (κ3) is 5.64. The topological polar surface area (TPSA) is 62.5 Å². The highest BCUT2D eigenvalue weighted by Gasteiger charge is 2.27. The Kier molecular flexibility index (Phi) is 8.19. The minimum atomic E-state index is 0.616. The van der Waals surface area contributed by atoms with Crippen LogP contribution in [0, 0.1) is 11.3 Å².